The molecule has 8 nitrogen and oxygen atoms in total. The van der Waals surface area contributed by atoms with Gasteiger partial charge in [0.25, 0.3) is 0 Å². The zero-order valence-corrected chi connectivity index (χ0v) is 18.3. The number of nitrogens with zero attached hydrogens (tertiary/aromatic N) is 2. The number of carbonyl (C=O) groups excluding carboxylic acids is 1. The summed E-state index contributed by atoms with van der Waals surface area (Å²) < 4.78 is 29.0. The fourth-order valence-corrected chi connectivity index (χ4v) is 3.74. The van der Waals surface area contributed by atoms with Gasteiger partial charge in [-0.1, -0.05) is 6.08 Å². The van der Waals surface area contributed by atoms with Gasteiger partial charge in [-0.2, -0.15) is 0 Å². The summed E-state index contributed by atoms with van der Waals surface area (Å²) in [5.74, 6) is 0.598. The van der Waals surface area contributed by atoms with Crippen LogP contribution in [0.25, 0.3) is 10.9 Å². The molecule has 0 saturated carbocycles. The summed E-state index contributed by atoms with van der Waals surface area (Å²) in [6.07, 6.45) is 9.14. The molecule has 1 heterocycles. The molecule has 0 bridgehead atoms. The predicted octanol–water partition coefficient (Wildman–Crippen LogP) is 3.57. The van der Waals surface area contributed by atoms with Gasteiger partial charge in [-0.3, -0.25) is 5.32 Å². The van der Waals surface area contributed by atoms with Crippen LogP contribution in [0.1, 0.15) is 33.6 Å². The fraction of sp³-hybridized carbons (Fsp3) is 0.381. The molecule has 1 aromatic heterocycles. The van der Waals surface area contributed by atoms with Gasteiger partial charge in [-0.05, 0) is 63.5 Å². The van der Waals surface area contributed by atoms with Crippen molar-refractivity contribution >= 4 is 32.7 Å². The van der Waals surface area contributed by atoms with Gasteiger partial charge in [0.05, 0.1) is 10.4 Å². The summed E-state index contributed by atoms with van der Waals surface area (Å²) in [5.41, 5.74) is 1.20. The Kier molecular flexibility index (Phi) is 6.12. The summed E-state index contributed by atoms with van der Waals surface area (Å²) in [5, 5.41) is 6.64. The van der Waals surface area contributed by atoms with Crippen molar-refractivity contribution in [3.63, 3.8) is 0 Å². The largest absolute Gasteiger partial charge is 0.444 e. The van der Waals surface area contributed by atoms with E-state index in [-0.39, 0.29) is 10.9 Å². The maximum atomic E-state index is 11.9. The minimum absolute atomic E-state index is 0.103. The van der Waals surface area contributed by atoms with E-state index in [1.54, 1.807) is 24.4 Å². The Morgan fingerprint density at radius 1 is 1.27 bits per heavy atom. The fourth-order valence-electron chi connectivity index (χ4n) is 3.09. The maximum Gasteiger partial charge on any atom is 0.411 e. The number of ether oxygens (including phenoxy) is 1. The third-order valence-corrected chi connectivity index (χ3v) is 5.53. The van der Waals surface area contributed by atoms with Crippen LogP contribution in [0.4, 0.5) is 10.6 Å². The number of rotatable bonds is 5. The molecule has 1 amide bonds. The van der Waals surface area contributed by atoms with Crippen LogP contribution in [0.2, 0.25) is 0 Å². The van der Waals surface area contributed by atoms with Gasteiger partial charge in [-0.25, -0.2) is 23.2 Å². The second-order valence-corrected chi connectivity index (χ2v) is 10.2. The quantitative estimate of drug-likeness (QED) is 0.746. The molecule has 160 valence electrons. The van der Waals surface area contributed by atoms with E-state index < -0.39 is 21.5 Å². The molecule has 1 atom stereocenters. The topological polar surface area (TPSA) is 110 Å². The Hall–Kier alpha value is -2.94. The Labute approximate surface area is 176 Å². The van der Waals surface area contributed by atoms with Crippen molar-refractivity contribution in [3.8, 4) is 0 Å². The monoisotopic (exact) mass is 430 g/mol. The summed E-state index contributed by atoms with van der Waals surface area (Å²) in [6, 6.07) is 4.93. The number of benzene rings is 1. The van der Waals surface area contributed by atoms with Gasteiger partial charge in [0.15, 0.2) is 9.84 Å². The van der Waals surface area contributed by atoms with E-state index in [9.17, 15) is 13.2 Å². The van der Waals surface area contributed by atoms with E-state index in [1.807, 2.05) is 26.8 Å². The lowest BCUT2D eigenvalue weighted by Crippen LogP contribution is -2.29. The van der Waals surface area contributed by atoms with Crippen molar-refractivity contribution in [2.45, 2.75) is 50.2 Å². The highest BCUT2D eigenvalue weighted by Gasteiger charge is 2.19. The Morgan fingerprint density at radius 2 is 2.03 bits per heavy atom. The first-order valence-corrected chi connectivity index (χ1v) is 11.5. The first-order chi connectivity index (χ1) is 14.0. The molecule has 1 aromatic carbocycles. The first-order valence-electron chi connectivity index (χ1n) is 9.58. The van der Waals surface area contributed by atoms with E-state index in [0.717, 1.165) is 18.4 Å². The second kappa shape index (κ2) is 8.43. The number of nitrogens with one attached hydrogen (secondary N) is 2. The lowest BCUT2D eigenvalue weighted by Gasteiger charge is -2.18. The second-order valence-electron chi connectivity index (χ2n) is 8.21. The normalized spacial score (nSPS) is 17.2. The minimum atomic E-state index is -3.32. The molecule has 1 aliphatic rings. The van der Waals surface area contributed by atoms with Crippen LogP contribution in [0, 0.1) is 0 Å². The molecule has 1 aliphatic carbocycles. The molecule has 0 radical (unpaired) electrons. The average Bonchev–Trinajstić information content (AvgIpc) is 3.06. The first kappa shape index (κ1) is 21.8. The third kappa shape index (κ3) is 5.79. The van der Waals surface area contributed by atoms with Crippen LogP contribution in [0.15, 0.2) is 53.3 Å². The highest BCUT2D eigenvalue weighted by molar-refractivity contribution is 7.90. The van der Waals surface area contributed by atoms with Crippen LogP contribution < -0.4 is 10.6 Å². The minimum Gasteiger partial charge on any atom is -0.444 e. The summed E-state index contributed by atoms with van der Waals surface area (Å²) in [4.78, 5) is 20.4. The molecule has 2 N–H and O–H groups in total. The molecule has 0 aliphatic heterocycles. The third-order valence-electron chi connectivity index (χ3n) is 4.42. The van der Waals surface area contributed by atoms with Gasteiger partial charge in [0, 0.05) is 23.9 Å². The molecule has 0 fully saturated rings. The van der Waals surface area contributed by atoms with Crippen LogP contribution in [0.5, 0.6) is 0 Å². The lowest BCUT2D eigenvalue weighted by atomic mass is 10.1. The summed E-state index contributed by atoms with van der Waals surface area (Å²) >= 11 is 0. The zero-order chi connectivity index (χ0) is 21.9. The molecule has 1 unspecified atom stereocenters. The highest BCUT2D eigenvalue weighted by atomic mass is 32.2. The van der Waals surface area contributed by atoms with E-state index in [4.69, 9.17) is 4.74 Å². The van der Waals surface area contributed by atoms with Gasteiger partial charge >= 0.3 is 6.09 Å². The molecule has 3 rings (SSSR count). The van der Waals surface area contributed by atoms with E-state index in [0.29, 0.717) is 16.7 Å². The maximum absolute atomic E-state index is 11.9. The van der Waals surface area contributed by atoms with Crippen molar-refractivity contribution in [2.24, 2.45) is 0 Å². The number of alkyl carbamates (subject to hydrolysis) is 1. The number of hydrogen-bond acceptors (Lipinski definition) is 7. The molecule has 2 aromatic rings. The van der Waals surface area contributed by atoms with Crippen molar-refractivity contribution in [2.75, 3.05) is 11.6 Å². The standard InChI is InChI=1S/C21H26N4O4S/c1-21(2,3)29-20(26)22-10-9-14-5-6-15(11-14)25-19-17-12-16(30(4,27)28)7-8-18(17)23-13-24-19/h5,7-10,12-13,15H,6,11H2,1-4H3,(H,22,26)(H,23,24,25)/b10-9+. The van der Waals surface area contributed by atoms with Gasteiger partial charge in [-0.15, -0.1) is 0 Å². The number of hydrogen-bond donors (Lipinski definition) is 2. The molecule has 0 spiro atoms. The average molecular weight is 431 g/mol. The summed E-state index contributed by atoms with van der Waals surface area (Å²) in [6.45, 7) is 5.42. The van der Waals surface area contributed by atoms with Crippen molar-refractivity contribution in [1.82, 2.24) is 15.3 Å². The van der Waals surface area contributed by atoms with E-state index in [1.165, 1.54) is 12.6 Å². The Morgan fingerprint density at radius 3 is 2.73 bits per heavy atom. The van der Waals surface area contributed by atoms with Crippen LogP contribution >= 0.6 is 0 Å². The Bertz CT molecular complexity index is 1120. The van der Waals surface area contributed by atoms with Crippen molar-refractivity contribution in [1.29, 1.82) is 0 Å². The zero-order valence-electron chi connectivity index (χ0n) is 17.5. The smallest absolute Gasteiger partial charge is 0.411 e. The number of fused-ring (bicyclic) bond motifs is 1. The van der Waals surface area contributed by atoms with Crippen LogP contribution in [0.3, 0.4) is 0 Å². The predicted molar refractivity (Wildman–Crippen MR) is 116 cm³/mol. The molecular formula is C21H26N4O4S. The number of allylic oxidation sites excluding steroid dienone is 1. The van der Waals surface area contributed by atoms with E-state index in [2.05, 4.69) is 26.7 Å². The number of sulfone groups is 1. The van der Waals surface area contributed by atoms with Crippen LogP contribution in [-0.2, 0) is 14.6 Å². The van der Waals surface area contributed by atoms with Crippen LogP contribution in [-0.4, -0.2) is 42.4 Å². The SMILES string of the molecule is CC(C)(C)OC(=O)N/C=C/C1=CCC(Nc2ncnc3ccc(S(C)(=O)=O)cc23)C1. The number of aromatic nitrogens is 2. The van der Waals surface area contributed by atoms with Gasteiger partial charge in [0.1, 0.15) is 17.7 Å². The van der Waals surface area contributed by atoms with Gasteiger partial charge in [0.2, 0.25) is 0 Å². The number of amides is 1. The molecule has 9 heteroatoms. The molecule has 30 heavy (non-hydrogen) atoms. The number of anilines is 1. The highest BCUT2D eigenvalue weighted by Crippen LogP contribution is 2.27. The molecular weight excluding hydrogens is 404 g/mol. The Balaban J connectivity index is 1.64. The van der Waals surface area contributed by atoms with Crippen molar-refractivity contribution in [3.05, 3.63) is 48.5 Å². The van der Waals surface area contributed by atoms with E-state index >= 15 is 0 Å². The summed E-state index contributed by atoms with van der Waals surface area (Å²) in [7, 11) is -3.32. The molecule has 0 saturated heterocycles. The van der Waals surface area contributed by atoms with Crippen molar-refractivity contribution < 1.29 is 17.9 Å². The lowest BCUT2D eigenvalue weighted by molar-refractivity contribution is 0.0552. The van der Waals surface area contributed by atoms with Gasteiger partial charge < -0.3 is 10.1 Å². The number of carbonyl (C=O) groups is 1.